The van der Waals surface area contributed by atoms with Crippen LogP contribution in [0.4, 0.5) is 0 Å². The Bertz CT molecular complexity index is 793. The minimum atomic E-state index is -0.126. The number of furan rings is 1. The van der Waals surface area contributed by atoms with Crippen LogP contribution in [0.1, 0.15) is 53.8 Å². The van der Waals surface area contributed by atoms with Gasteiger partial charge in [0.1, 0.15) is 12.0 Å². The van der Waals surface area contributed by atoms with E-state index in [9.17, 15) is 4.79 Å². The third kappa shape index (κ3) is 3.17. The lowest BCUT2D eigenvalue weighted by atomic mass is 9.69. The molecule has 0 unspecified atom stereocenters. The van der Waals surface area contributed by atoms with E-state index in [0.717, 1.165) is 37.2 Å². The molecule has 3 N–H and O–H groups in total. The van der Waals surface area contributed by atoms with Crippen molar-refractivity contribution in [1.82, 2.24) is 5.32 Å². The number of nitrogens with one attached hydrogen (secondary N) is 1. The maximum absolute atomic E-state index is 12.5. The van der Waals surface area contributed by atoms with Gasteiger partial charge in [0.2, 0.25) is 6.79 Å². The van der Waals surface area contributed by atoms with E-state index in [2.05, 4.69) is 17.4 Å². The SMILES string of the molecule is NCc1cc(C(=O)NCC2(c3ccc4c(c3)OCO4)CCCCC2)co1. The van der Waals surface area contributed by atoms with Gasteiger partial charge >= 0.3 is 0 Å². The first-order chi connectivity index (χ1) is 12.7. The molecule has 26 heavy (non-hydrogen) atoms. The van der Waals surface area contributed by atoms with Crippen molar-refractivity contribution in [2.75, 3.05) is 13.3 Å². The van der Waals surface area contributed by atoms with Gasteiger partial charge in [-0.2, -0.15) is 0 Å². The molecule has 1 fully saturated rings. The number of benzene rings is 1. The van der Waals surface area contributed by atoms with E-state index in [-0.39, 0.29) is 24.7 Å². The maximum Gasteiger partial charge on any atom is 0.254 e. The highest BCUT2D eigenvalue weighted by atomic mass is 16.7. The van der Waals surface area contributed by atoms with Gasteiger partial charge in [-0.25, -0.2) is 0 Å². The molecule has 1 aliphatic carbocycles. The molecule has 2 aromatic rings. The number of amides is 1. The fraction of sp³-hybridized carbons (Fsp3) is 0.450. The average molecular weight is 356 g/mol. The van der Waals surface area contributed by atoms with Gasteiger partial charge in [0.25, 0.3) is 5.91 Å². The van der Waals surface area contributed by atoms with E-state index in [1.807, 2.05) is 6.07 Å². The smallest absolute Gasteiger partial charge is 0.254 e. The molecule has 1 amide bonds. The molecule has 2 heterocycles. The minimum Gasteiger partial charge on any atom is -0.467 e. The summed E-state index contributed by atoms with van der Waals surface area (Å²) in [7, 11) is 0. The third-order valence-corrected chi connectivity index (χ3v) is 5.50. The highest BCUT2D eigenvalue weighted by Gasteiger charge is 2.35. The van der Waals surface area contributed by atoms with E-state index in [1.165, 1.54) is 18.2 Å². The summed E-state index contributed by atoms with van der Waals surface area (Å²) < 4.78 is 16.3. The van der Waals surface area contributed by atoms with Crippen molar-refractivity contribution in [3.8, 4) is 11.5 Å². The minimum absolute atomic E-state index is 0.0741. The Hall–Kier alpha value is -2.47. The third-order valence-electron chi connectivity index (χ3n) is 5.50. The second-order valence-corrected chi connectivity index (χ2v) is 7.10. The second-order valence-electron chi connectivity index (χ2n) is 7.10. The number of fused-ring (bicyclic) bond motifs is 1. The summed E-state index contributed by atoms with van der Waals surface area (Å²) >= 11 is 0. The molecule has 0 atom stereocenters. The number of nitrogens with two attached hydrogens (primary N) is 1. The summed E-state index contributed by atoms with van der Waals surface area (Å²) in [6, 6.07) is 7.85. The second kappa shape index (κ2) is 7.03. The zero-order chi connectivity index (χ0) is 18.0. The van der Waals surface area contributed by atoms with Crippen LogP contribution < -0.4 is 20.5 Å². The van der Waals surface area contributed by atoms with E-state index in [4.69, 9.17) is 19.6 Å². The van der Waals surface area contributed by atoms with Crippen LogP contribution in [0.25, 0.3) is 0 Å². The van der Waals surface area contributed by atoms with Crippen LogP contribution in [0.3, 0.4) is 0 Å². The van der Waals surface area contributed by atoms with Crippen LogP contribution in [-0.4, -0.2) is 19.2 Å². The van der Waals surface area contributed by atoms with Crippen LogP contribution in [0.15, 0.2) is 34.9 Å². The standard InChI is InChI=1S/C20H24N2O4/c21-10-16-8-14(11-24-16)19(23)22-12-20(6-2-1-3-7-20)15-4-5-17-18(9-15)26-13-25-17/h4-5,8-9,11H,1-3,6-7,10,12-13,21H2,(H,22,23). The lowest BCUT2D eigenvalue weighted by Gasteiger charge is -2.38. The normalized spacial score (nSPS) is 17.9. The first-order valence-corrected chi connectivity index (χ1v) is 9.16. The van der Waals surface area contributed by atoms with Gasteiger partial charge in [-0.3, -0.25) is 4.79 Å². The molecular weight excluding hydrogens is 332 g/mol. The van der Waals surface area contributed by atoms with E-state index >= 15 is 0 Å². The summed E-state index contributed by atoms with van der Waals surface area (Å²) in [5.74, 6) is 2.06. The number of ether oxygens (including phenoxy) is 2. The summed E-state index contributed by atoms with van der Waals surface area (Å²) in [6.07, 6.45) is 7.12. The molecule has 0 radical (unpaired) electrons. The van der Waals surface area contributed by atoms with Crippen molar-refractivity contribution in [2.45, 2.75) is 44.1 Å². The van der Waals surface area contributed by atoms with Gasteiger partial charge in [-0.15, -0.1) is 0 Å². The number of hydrogen-bond donors (Lipinski definition) is 2. The molecular formula is C20H24N2O4. The van der Waals surface area contributed by atoms with Crippen molar-refractivity contribution in [3.63, 3.8) is 0 Å². The summed E-state index contributed by atoms with van der Waals surface area (Å²) in [4.78, 5) is 12.5. The van der Waals surface area contributed by atoms with Crippen molar-refractivity contribution >= 4 is 5.91 Å². The molecule has 6 heteroatoms. The molecule has 1 aromatic carbocycles. The Kier molecular flexibility index (Phi) is 4.59. The number of hydrogen-bond acceptors (Lipinski definition) is 5. The highest BCUT2D eigenvalue weighted by Crippen LogP contribution is 2.43. The van der Waals surface area contributed by atoms with Crippen LogP contribution in [0.5, 0.6) is 11.5 Å². The van der Waals surface area contributed by atoms with Gasteiger partial charge in [0.05, 0.1) is 12.1 Å². The fourth-order valence-corrected chi connectivity index (χ4v) is 3.98. The first-order valence-electron chi connectivity index (χ1n) is 9.16. The Morgan fingerprint density at radius 2 is 1.92 bits per heavy atom. The lowest BCUT2D eigenvalue weighted by Crippen LogP contribution is -2.42. The van der Waals surface area contributed by atoms with Crippen LogP contribution in [0.2, 0.25) is 0 Å². The predicted molar refractivity (Wildman–Crippen MR) is 96.3 cm³/mol. The number of rotatable bonds is 5. The topological polar surface area (TPSA) is 86.7 Å². The summed E-state index contributed by atoms with van der Waals surface area (Å²) in [5.41, 5.74) is 7.20. The lowest BCUT2D eigenvalue weighted by molar-refractivity contribution is 0.0936. The van der Waals surface area contributed by atoms with Gasteiger partial charge in [0.15, 0.2) is 11.5 Å². The molecule has 1 aliphatic heterocycles. The molecule has 6 nitrogen and oxygen atoms in total. The number of carbonyl (C=O) groups excluding carboxylic acids is 1. The maximum atomic E-state index is 12.5. The predicted octanol–water partition coefficient (Wildman–Crippen LogP) is 3.10. The van der Waals surface area contributed by atoms with E-state index in [1.54, 1.807) is 6.07 Å². The summed E-state index contributed by atoms with van der Waals surface area (Å²) in [5, 5.41) is 3.10. The molecule has 1 saturated carbocycles. The van der Waals surface area contributed by atoms with Crippen molar-refractivity contribution in [3.05, 3.63) is 47.4 Å². The zero-order valence-corrected chi connectivity index (χ0v) is 14.8. The van der Waals surface area contributed by atoms with Gasteiger partial charge < -0.3 is 24.9 Å². The fourth-order valence-electron chi connectivity index (χ4n) is 3.98. The van der Waals surface area contributed by atoms with Crippen LogP contribution >= 0.6 is 0 Å². The molecule has 138 valence electrons. The van der Waals surface area contributed by atoms with Crippen LogP contribution in [-0.2, 0) is 12.0 Å². The Balaban J connectivity index is 1.54. The molecule has 0 saturated heterocycles. The Labute approximate surface area is 152 Å². The molecule has 1 aromatic heterocycles. The van der Waals surface area contributed by atoms with Crippen molar-refractivity contribution in [1.29, 1.82) is 0 Å². The Morgan fingerprint density at radius 1 is 1.12 bits per heavy atom. The van der Waals surface area contributed by atoms with E-state index in [0.29, 0.717) is 17.9 Å². The van der Waals surface area contributed by atoms with Gasteiger partial charge in [-0.1, -0.05) is 25.3 Å². The average Bonchev–Trinajstić information content (AvgIpc) is 3.35. The van der Waals surface area contributed by atoms with Crippen molar-refractivity contribution < 1.29 is 18.7 Å². The quantitative estimate of drug-likeness (QED) is 0.860. The molecule has 2 aliphatic rings. The first kappa shape index (κ1) is 17.0. The largest absolute Gasteiger partial charge is 0.467 e. The zero-order valence-electron chi connectivity index (χ0n) is 14.8. The number of carbonyl (C=O) groups is 1. The highest BCUT2D eigenvalue weighted by molar-refractivity contribution is 5.94. The van der Waals surface area contributed by atoms with Crippen molar-refractivity contribution in [2.24, 2.45) is 5.73 Å². The van der Waals surface area contributed by atoms with E-state index < -0.39 is 0 Å². The Morgan fingerprint density at radius 3 is 2.69 bits per heavy atom. The summed E-state index contributed by atoms with van der Waals surface area (Å²) in [6.45, 7) is 1.15. The molecule has 4 rings (SSSR count). The molecule has 0 spiro atoms. The van der Waals surface area contributed by atoms with Gasteiger partial charge in [-0.05, 0) is 36.6 Å². The van der Waals surface area contributed by atoms with Crippen LogP contribution in [0, 0.1) is 0 Å². The molecule has 0 bridgehead atoms. The monoisotopic (exact) mass is 356 g/mol. The van der Waals surface area contributed by atoms with Gasteiger partial charge in [0, 0.05) is 12.0 Å².